The van der Waals surface area contributed by atoms with Gasteiger partial charge in [-0.25, -0.2) is 32.0 Å². The lowest BCUT2D eigenvalue weighted by molar-refractivity contribution is -0.0711. The van der Waals surface area contributed by atoms with Crippen molar-refractivity contribution < 1.29 is 31.4 Å². The van der Waals surface area contributed by atoms with Crippen LogP contribution in [-0.4, -0.2) is 83.9 Å². The lowest BCUT2D eigenvalue weighted by atomic mass is 10.0. The number of likely N-dealkylation sites (tertiary alicyclic amines) is 1. The van der Waals surface area contributed by atoms with Crippen molar-refractivity contribution >= 4 is 22.8 Å². The van der Waals surface area contributed by atoms with Gasteiger partial charge in [0, 0.05) is 19.5 Å². The van der Waals surface area contributed by atoms with Gasteiger partial charge in [0.05, 0.1) is 50.4 Å². The molecular weight excluding hydrogens is 515 g/mol. The second-order valence-electron chi connectivity index (χ2n) is 9.12. The quantitative estimate of drug-likeness (QED) is 0.258. The molecule has 0 aliphatic carbocycles. The van der Waals surface area contributed by atoms with Gasteiger partial charge < -0.3 is 20.1 Å². The predicted molar refractivity (Wildman–Crippen MR) is 127 cm³/mol. The zero-order chi connectivity index (χ0) is 27.0. The Labute approximate surface area is 213 Å². The average molecular weight is 540 g/mol. The van der Waals surface area contributed by atoms with Gasteiger partial charge in [-0.05, 0) is 17.7 Å². The van der Waals surface area contributed by atoms with Crippen molar-refractivity contribution in [1.29, 1.82) is 5.53 Å². The number of hydrogen-bond donors (Lipinski definition) is 3. The summed E-state index contributed by atoms with van der Waals surface area (Å²) in [5.41, 5.74) is 8.28. The maximum atomic E-state index is 15.2. The molecule has 15 heteroatoms. The fraction of sp³-hybridized carbons (Fsp3) is 0.478. The summed E-state index contributed by atoms with van der Waals surface area (Å²) >= 11 is 0. The molecule has 2 fully saturated rings. The fourth-order valence-corrected chi connectivity index (χ4v) is 4.58. The van der Waals surface area contributed by atoms with E-state index in [2.05, 4.69) is 25.8 Å². The first-order valence-corrected chi connectivity index (χ1v) is 11.8. The minimum atomic E-state index is -3.05. The van der Waals surface area contributed by atoms with Gasteiger partial charge >= 0.3 is 0 Å². The molecule has 1 aromatic carbocycles. The van der Waals surface area contributed by atoms with Crippen molar-refractivity contribution in [3.8, 4) is 17.0 Å². The fourth-order valence-electron chi connectivity index (χ4n) is 4.58. The van der Waals surface area contributed by atoms with Crippen LogP contribution in [0.2, 0.25) is 0 Å². The van der Waals surface area contributed by atoms with Crippen LogP contribution in [0.1, 0.15) is 6.42 Å². The van der Waals surface area contributed by atoms with E-state index in [0.29, 0.717) is 18.8 Å². The highest BCUT2D eigenvalue weighted by molar-refractivity contribution is 5.88. The highest BCUT2D eigenvalue weighted by Gasteiger charge is 2.51. The number of ether oxygens (including phenoxy) is 2. The minimum absolute atomic E-state index is 0.0456. The molecule has 3 aromatic rings. The van der Waals surface area contributed by atoms with Gasteiger partial charge in [0.25, 0.3) is 5.92 Å². The molecule has 5 rings (SSSR count). The van der Waals surface area contributed by atoms with Crippen molar-refractivity contribution in [3.63, 3.8) is 0 Å². The standard InChI is InChI=1S/C23H25F5N8O2/c1-37-21-20-19(12-2-3-15(33-29)16(6-12)30-5-4-18(25)26)14(24)7-36(20)34-22(32-21)31-17-8-35(11-23(17,27)28)13-9-38-10-13/h2-3,6-7,13,17-18,29-30H,4-5,8-11H2,1H3,(H,31,34)/t17-/m1/s1. The molecule has 4 heterocycles. The van der Waals surface area contributed by atoms with Crippen LogP contribution < -0.4 is 15.4 Å². The zero-order valence-corrected chi connectivity index (χ0v) is 20.2. The van der Waals surface area contributed by atoms with E-state index in [4.69, 9.17) is 15.0 Å². The highest BCUT2D eigenvalue weighted by atomic mass is 19.3. The molecule has 0 radical (unpaired) electrons. The van der Waals surface area contributed by atoms with E-state index in [1.165, 1.54) is 25.3 Å². The van der Waals surface area contributed by atoms with Crippen LogP contribution in [0.25, 0.3) is 16.6 Å². The van der Waals surface area contributed by atoms with Crippen molar-refractivity contribution in [2.24, 2.45) is 5.11 Å². The molecule has 10 nitrogen and oxygen atoms in total. The number of benzene rings is 1. The van der Waals surface area contributed by atoms with Gasteiger partial charge in [0.15, 0.2) is 5.82 Å². The molecule has 2 saturated heterocycles. The van der Waals surface area contributed by atoms with Gasteiger partial charge in [-0.3, -0.25) is 4.90 Å². The van der Waals surface area contributed by atoms with Crippen molar-refractivity contribution in [2.75, 3.05) is 50.6 Å². The smallest absolute Gasteiger partial charge is 0.281 e. The summed E-state index contributed by atoms with van der Waals surface area (Å²) in [6, 6.07) is 3.10. The van der Waals surface area contributed by atoms with Gasteiger partial charge in [-0.15, -0.1) is 5.10 Å². The summed E-state index contributed by atoms with van der Waals surface area (Å²) in [4.78, 5) is 5.88. The molecule has 0 bridgehead atoms. The third kappa shape index (κ3) is 4.95. The highest BCUT2D eigenvalue weighted by Crippen LogP contribution is 2.38. The third-order valence-corrected chi connectivity index (χ3v) is 6.61. The van der Waals surface area contributed by atoms with Gasteiger partial charge in [0.2, 0.25) is 18.3 Å². The topological polar surface area (TPSA) is 112 Å². The SMILES string of the molecule is COc1nc(N[C@@H]2CN(C3COC3)CC2(F)F)nn2cc(F)c(-c3ccc(N=N)c(NCCC(F)F)c3)c12. The van der Waals surface area contributed by atoms with Crippen LogP contribution in [0.3, 0.4) is 0 Å². The molecule has 1 atom stereocenters. The van der Waals surface area contributed by atoms with Crippen molar-refractivity contribution in [1.82, 2.24) is 19.5 Å². The Balaban J connectivity index is 1.46. The minimum Gasteiger partial charge on any atom is -0.479 e. The lowest BCUT2D eigenvalue weighted by Crippen LogP contribution is -2.48. The molecule has 0 spiro atoms. The Hall–Kier alpha value is -3.59. The second kappa shape index (κ2) is 10.3. The number of hydrogen-bond acceptors (Lipinski definition) is 9. The van der Waals surface area contributed by atoms with E-state index in [1.54, 1.807) is 4.90 Å². The third-order valence-electron chi connectivity index (χ3n) is 6.61. The molecule has 204 valence electrons. The first kappa shape index (κ1) is 26.0. The summed E-state index contributed by atoms with van der Waals surface area (Å²) in [7, 11) is 1.31. The Morgan fingerprint density at radius 3 is 2.76 bits per heavy atom. The Bertz CT molecular complexity index is 1330. The molecule has 0 unspecified atom stereocenters. The summed E-state index contributed by atoms with van der Waals surface area (Å²) in [5, 5.41) is 13.0. The van der Waals surface area contributed by atoms with Crippen molar-refractivity contribution in [2.45, 2.75) is 30.9 Å². The van der Waals surface area contributed by atoms with Gasteiger partial charge in [-0.1, -0.05) is 6.07 Å². The Kier molecular flexibility index (Phi) is 7.05. The molecule has 2 aromatic heterocycles. The molecule has 2 aliphatic heterocycles. The predicted octanol–water partition coefficient (Wildman–Crippen LogP) is 4.40. The monoisotopic (exact) mass is 540 g/mol. The van der Waals surface area contributed by atoms with Crippen LogP contribution in [0, 0.1) is 11.3 Å². The molecule has 0 amide bonds. The number of nitrogens with zero attached hydrogens (tertiary/aromatic N) is 5. The van der Waals surface area contributed by atoms with E-state index in [9.17, 15) is 17.6 Å². The number of aromatic nitrogens is 3. The number of fused-ring (bicyclic) bond motifs is 1. The number of alkyl halides is 4. The molecule has 2 aliphatic rings. The number of halogens is 5. The van der Waals surface area contributed by atoms with E-state index in [1.807, 2.05) is 0 Å². The molecule has 0 saturated carbocycles. The lowest BCUT2D eigenvalue weighted by Gasteiger charge is -2.34. The Morgan fingerprint density at radius 1 is 1.32 bits per heavy atom. The average Bonchev–Trinajstić information content (AvgIpc) is 3.31. The van der Waals surface area contributed by atoms with Crippen LogP contribution >= 0.6 is 0 Å². The molecular formula is C23H25F5N8O2. The number of rotatable bonds is 10. The van der Waals surface area contributed by atoms with Crippen LogP contribution in [0.4, 0.5) is 39.3 Å². The normalized spacial score (nSPS) is 19.6. The van der Waals surface area contributed by atoms with Gasteiger partial charge in [-0.2, -0.15) is 10.1 Å². The largest absolute Gasteiger partial charge is 0.479 e. The zero-order valence-electron chi connectivity index (χ0n) is 20.2. The second-order valence-corrected chi connectivity index (χ2v) is 9.12. The summed E-state index contributed by atoms with van der Waals surface area (Å²) in [5.74, 6) is -3.98. The molecule has 38 heavy (non-hydrogen) atoms. The van der Waals surface area contributed by atoms with E-state index in [-0.39, 0.29) is 53.4 Å². The van der Waals surface area contributed by atoms with Crippen molar-refractivity contribution in [3.05, 3.63) is 30.2 Å². The van der Waals surface area contributed by atoms with Crippen LogP contribution in [0.5, 0.6) is 5.88 Å². The molecule has 3 N–H and O–H groups in total. The van der Waals surface area contributed by atoms with Gasteiger partial charge in [0.1, 0.15) is 17.2 Å². The maximum absolute atomic E-state index is 15.2. The Morgan fingerprint density at radius 2 is 2.11 bits per heavy atom. The van der Waals surface area contributed by atoms with E-state index in [0.717, 1.165) is 10.7 Å². The summed E-state index contributed by atoms with van der Waals surface area (Å²) < 4.78 is 81.5. The number of nitrogens with one attached hydrogen (secondary N) is 3. The number of anilines is 2. The van der Waals surface area contributed by atoms with Crippen LogP contribution in [-0.2, 0) is 4.74 Å². The first-order valence-electron chi connectivity index (χ1n) is 11.8. The van der Waals surface area contributed by atoms with Crippen LogP contribution in [0.15, 0.2) is 29.5 Å². The summed E-state index contributed by atoms with van der Waals surface area (Å²) in [6.45, 7) is 0.371. The maximum Gasteiger partial charge on any atom is 0.281 e. The van der Waals surface area contributed by atoms with E-state index < -0.39 is 37.2 Å². The summed E-state index contributed by atoms with van der Waals surface area (Å²) in [6.07, 6.45) is -1.87. The first-order chi connectivity index (χ1) is 18.2. The number of methoxy groups -OCH3 is 1. The van der Waals surface area contributed by atoms with E-state index >= 15 is 4.39 Å².